The molecule has 1 saturated heterocycles. The van der Waals surface area contributed by atoms with Crippen molar-refractivity contribution in [3.63, 3.8) is 0 Å². The number of likely N-dealkylation sites (N-methyl/N-ethyl adjacent to an activating group) is 1. The summed E-state index contributed by atoms with van der Waals surface area (Å²) in [6.07, 6.45) is 1.39. The second-order valence-corrected chi connectivity index (χ2v) is 8.95. The quantitative estimate of drug-likeness (QED) is 0.442. The minimum atomic E-state index is -0.620. The van der Waals surface area contributed by atoms with Crippen LogP contribution in [0.1, 0.15) is 29.3 Å². The molecule has 1 atom stereocenters. The fraction of sp³-hybridized carbons (Fsp3) is 0.345. The molecule has 1 aliphatic rings. The predicted octanol–water partition coefficient (Wildman–Crippen LogP) is 5.33. The number of carbonyl (C=O) groups is 1. The lowest BCUT2D eigenvalue weighted by molar-refractivity contribution is 0.0666. The van der Waals surface area contributed by atoms with E-state index in [9.17, 15) is 4.79 Å². The minimum Gasteiger partial charge on any atom is -0.378 e. The highest BCUT2D eigenvalue weighted by molar-refractivity contribution is 6.03. The van der Waals surface area contributed by atoms with Gasteiger partial charge in [0.2, 0.25) is 0 Å². The van der Waals surface area contributed by atoms with Crippen molar-refractivity contribution in [2.75, 3.05) is 45.3 Å². The van der Waals surface area contributed by atoms with Crippen molar-refractivity contribution < 1.29 is 9.53 Å². The van der Waals surface area contributed by atoms with Gasteiger partial charge in [0.25, 0.3) is 0 Å². The summed E-state index contributed by atoms with van der Waals surface area (Å²) in [6, 6.07) is 27.0. The van der Waals surface area contributed by atoms with Gasteiger partial charge in [-0.3, -0.25) is 9.69 Å². The monoisotopic (exact) mass is 442 g/mol. The lowest BCUT2D eigenvalue weighted by atomic mass is 9.78. The molecular formula is C29H34N2O2. The first-order valence-corrected chi connectivity index (χ1v) is 11.8. The molecule has 0 bridgehead atoms. The highest BCUT2D eigenvalue weighted by Crippen LogP contribution is 2.33. The van der Waals surface area contributed by atoms with E-state index in [1.54, 1.807) is 0 Å². The third-order valence-electron chi connectivity index (χ3n) is 6.95. The van der Waals surface area contributed by atoms with Gasteiger partial charge in [0.05, 0.1) is 18.8 Å². The highest BCUT2D eigenvalue weighted by atomic mass is 16.5. The van der Waals surface area contributed by atoms with Crippen LogP contribution < -0.4 is 4.90 Å². The van der Waals surface area contributed by atoms with Gasteiger partial charge >= 0.3 is 0 Å². The van der Waals surface area contributed by atoms with E-state index < -0.39 is 5.54 Å². The van der Waals surface area contributed by atoms with Crippen LogP contribution >= 0.6 is 0 Å². The van der Waals surface area contributed by atoms with E-state index in [2.05, 4.69) is 77.4 Å². The maximum Gasteiger partial charge on any atom is 0.183 e. The van der Waals surface area contributed by atoms with Crippen molar-refractivity contribution in [3.05, 3.63) is 90.0 Å². The van der Waals surface area contributed by atoms with E-state index in [4.69, 9.17) is 4.74 Å². The number of anilines is 1. The van der Waals surface area contributed by atoms with Crippen LogP contribution in [0.2, 0.25) is 0 Å². The first kappa shape index (κ1) is 23.2. The molecule has 4 heteroatoms. The van der Waals surface area contributed by atoms with Crippen LogP contribution in [0.15, 0.2) is 78.9 Å². The highest BCUT2D eigenvalue weighted by Gasteiger charge is 2.40. The molecule has 0 N–H and O–H groups in total. The number of ketones is 1. The largest absolute Gasteiger partial charge is 0.378 e. The van der Waals surface area contributed by atoms with Gasteiger partial charge in [0, 0.05) is 24.3 Å². The van der Waals surface area contributed by atoms with Crippen molar-refractivity contribution in [2.45, 2.75) is 25.3 Å². The first-order chi connectivity index (χ1) is 16.0. The average molecular weight is 443 g/mol. The Morgan fingerprint density at radius 1 is 0.909 bits per heavy atom. The Bertz CT molecular complexity index is 1060. The molecule has 3 aromatic carbocycles. The number of carbonyl (C=O) groups excluding carboxylic acids is 1. The van der Waals surface area contributed by atoms with E-state index in [1.165, 1.54) is 16.7 Å². The number of nitrogens with zero attached hydrogens (tertiary/aromatic N) is 2. The fourth-order valence-corrected chi connectivity index (χ4v) is 4.85. The Morgan fingerprint density at radius 3 is 2.18 bits per heavy atom. The van der Waals surface area contributed by atoms with E-state index in [1.807, 2.05) is 32.3 Å². The van der Waals surface area contributed by atoms with Gasteiger partial charge in [0.15, 0.2) is 5.78 Å². The third-order valence-corrected chi connectivity index (χ3v) is 6.95. The van der Waals surface area contributed by atoms with Crippen molar-refractivity contribution in [1.29, 1.82) is 0 Å². The van der Waals surface area contributed by atoms with Crippen molar-refractivity contribution in [1.82, 2.24) is 4.90 Å². The smallest absolute Gasteiger partial charge is 0.183 e. The van der Waals surface area contributed by atoms with Crippen molar-refractivity contribution in [2.24, 2.45) is 0 Å². The summed E-state index contributed by atoms with van der Waals surface area (Å²) in [5, 5.41) is 0. The van der Waals surface area contributed by atoms with Crippen LogP contribution in [-0.4, -0.2) is 56.6 Å². The van der Waals surface area contributed by atoms with Crippen molar-refractivity contribution in [3.8, 4) is 11.1 Å². The Hall–Kier alpha value is -2.95. The molecule has 4 rings (SSSR count). The number of benzene rings is 3. The second kappa shape index (κ2) is 10.3. The van der Waals surface area contributed by atoms with E-state index >= 15 is 0 Å². The molecule has 1 fully saturated rings. The van der Waals surface area contributed by atoms with Crippen LogP contribution in [0.3, 0.4) is 0 Å². The molecule has 172 valence electrons. The van der Waals surface area contributed by atoms with Gasteiger partial charge in [-0.25, -0.2) is 0 Å². The molecule has 1 aliphatic heterocycles. The number of Topliss-reactive ketones (excluding diaryl/α,β-unsaturated/α-hetero) is 1. The fourth-order valence-electron chi connectivity index (χ4n) is 4.85. The number of hydrogen-bond donors (Lipinski definition) is 0. The normalized spacial score (nSPS) is 15.9. The maximum atomic E-state index is 14.0. The van der Waals surface area contributed by atoms with Gasteiger partial charge < -0.3 is 9.64 Å². The minimum absolute atomic E-state index is 0.173. The number of morpholine rings is 1. The topological polar surface area (TPSA) is 32.8 Å². The Morgan fingerprint density at radius 2 is 1.55 bits per heavy atom. The van der Waals surface area contributed by atoms with Gasteiger partial charge in [0.1, 0.15) is 0 Å². The molecular weight excluding hydrogens is 408 g/mol. The zero-order valence-electron chi connectivity index (χ0n) is 20.0. The molecule has 0 radical (unpaired) electrons. The summed E-state index contributed by atoms with van der Waals surface area (Å²) in [7, 11) is 4.04. The van der Waals surface area contributed by atoms with Crippen LogP contribution in [-0.2, 0) is 11.2 Å². The number of hydrogen-bond acceptors (Lipinski definition) is 4. The van der Waals surface area contributed by atoms with E-state index in [0.29, 0.717) is 6.42 Å². The maximum absolute atomic E-state index is 14.0. The number of ether oxygens (including phenoxy) is 1. The molecule has 0 spiro atoms. The van der Waals surface area contributed by atoms with Crippen LogP contribution in [0.25, 0.3) is 11.1 Å². The lowest BCUT2D eigenvalue weighted by Gasteiger charge is -2.39. The average Bonchev–Trinajstić information content (AvgIpc) is 2.88. The molecule has 0 aliphatic carbocycles. The van der Waals surface area contributed by atoms with E-state index in [-0.39, 0.29) is 5.78 Å². The SMILES string of the molecule is CCC(Cc1ccccc1-c1ccccc1)(C(=O)c1ccc(N2CCOCC2)cc1)N(C)C. The Labute approximate surface area is 197 Å². The second-order valence-electron chi connectivity index (χ2n) is 8.95. The number of rotatable bonds is 8. The summed E-state index contributed by atoms with van der Waals surface area (Å²) in [6.45, 7) is 5.40. The van der Waals surface area contributed by atoms with Gasteiger partial charge in [-0.1, -0.05) is 61.5 Å². The van der Waals surface area contributed by atoms with Gasteiger partial charge in [-0.15, -0.1) is 0 Å². The molecule has 0 amide bonds. The summed E-state index contributed by atoms with van der Waals surface area (Å²) in [5.41, 5.74) is 4.85. The Kier molecular flexibility index (Phi) is 7.26. The first-order valence-electron chi connectivity index (χ1n) is 11.8. The molecule has 1 heterocycles. The van der Waals surface area contributed by atoms with Gasteiger partial charge in [-0.05, 0) is 67.9 Å². The summed E-state index contributed by atoms with van der Waals surface area (Å²) in [4.78, 5) is 18.4. The molecule has 3 aromatic rings. The van der Waals surface area contributed by atoms with Crippen LogP contribution in [0, 0.1) is 0 Å². The predicted molar refractivity (Wildman–Crippen MR) is 136 cm³/mol. The van der Waals surface area contributed by atoms with Crippen molar-refractivity contribution >= 4 is 11.5 Å². The zero-order valence-corrected chi connectivity index (χ0v) is 20.0. The van der Waals surface area contributed by atoms with Gasteiger partial charge in [-0.2, -0.15) is 0 Å². The van der Waals surface area contributed by atoms with E-state index in [0.717, 1.165) is 44.0 Å². The summed E-state index contributed by atoms with van der Waals surface area (Å²) < 4.78 is 5.47. The zero-order chi connectivity index (χ0) is 23.3. The molecule has 1 unspecified atom stereocenters. The Balaban J connectivity index is 1.65. The molecule has 0 saturated carbocycles. The molecule has 33 heavy (non-hydrogen) atoms. The summed E-state index contributed by atoms with van der Waals surface area (Å²) in [5.74, 6) is 0.173. The van der Waals surface area contributed by atoms with Crippen LogP contribution in [0.5, 0.6) is 0 Å². The summed E-state index contributed by atoms with van der Waals surface area (Å²) >= 11 is 0. The molecule has 0 aromatic heterocycles. The standard InChI is InChI=1S/C29H34N2O2/c1-4-29(30(2)3,22-25-12-8-9-13-27(25)23-10-6-5-7-11-23)28(32)24-14-16-26(17-15-24)31-18-20-33-21-19-31/h5-17H,4,18-22H2,1-3H3. The third kappa shape index (κ3) is 4.87. The lowest BCUT2D eigenvalue weighted by Crippen LogP contribution is -2.52. The van der Waals surface area contributed by atoms with Crippen LogP contribution in [0.4, 0.5) is 5.69 Å². The molecule has 4 nitrogen and oxygen atoms in total.